The van der Waals surface area contributed by atoms with Crippen molar-refractivity contribution in [1.82, 2.24) is 4.90 Å². The third kappa shape index (κ3) is 2.46. The fourth-order valence-corrected chi connectivity index (χ4v) is 4.60. The highest BCUT2D eigenvalue weighted by molar-refractivity contribution is 7.17. The largest absolute Gasteiger partial charge is 0.487 e. The molecule has 1 unspecified atom stereocenters. The summed E-state index contributed by atoms with van der Waals surface area (Å²) < 4.78 is 5.74. The molecule has 4 nitrogen and oxygen atoms in total. The minimum atomic E-state index is -0.0615. The van der Waals surface area contributed by atoms with E-state index in [9.17, 15) is 4.79 Å². The molecule has 0 saturated carbocycles. The van der Waals surface area contributed by atoms with E-state index >= 15 is 0 Å². The van der Waals surface area contributed by atoms with E-state index in [0.717, 1.165) is 22.4 Å². The molecule has 1 aromatic carbocycles. The van der Waals surface area contributed by atoms with E-state index in [1.807, 2.05) is 12.1 Å². The molecule has 1 aromatic heterocycles. The van der Waals surface area contributed by atoms with Crippen LogP contribution in [0.1, 0.15) is 21.7 Å². The third-order valence-corrected chi connectivity index (χ3v) is 6.33. The maximum Gasteiger partial charge on any atom is 0.263 e. The smallest absolute Gasteiger partial charge is 0.263 e. The molecule has 7 heteroatoms. The molecule has 0 bridgehead atoms. The van der Waals surface area contributed by atoms with Gasteiger partial charge < -0.3 is 9.64 Å². The first kappa shape index (κ1) is 15.8. The zero-order valence-electron chi connectivity index (χ0n) is 12.5. The number of halogens is 2. The molecular weight excluding hydrogens is 367 g/mol. The van der Waals surface area contributed by atoms with Gasteiger partial charge in [-0.3, -0.25) is 4.79 Å². The second-order valence-corrected chi connectivity index (χ2v) is 7.69. The number of hydrogen-bond acceptors (Lipinski definition) is 4. The van der Waals surface area contributed by atoms with Crippen molar-refractivity contribution in [1.29, 1.82) is 5.26 Å². The normalized spacial score (nSPS) is 18.5. The molecule has 0 spiro atoms. The summed E-state index contributed by atoms with van der Waals surface area (Å²) in [5.74, 6) is 0.491. The zero-order valence-corrected chi connectivity index (χ0v) is 14.8. The highest BCUT2D eigenvalue weighted by Gasteiger charge is 2.30. The first-order chi connectivity index (χ1) is 11.6. The van der Waals surface area contributed by atoms with Crippen molar-refractivity contribution < 1.29 is 9.53 Å². The number of likely N-dealkylation sites (tertiary alicyclic amines) is 1. The number of hydrogen-bond donors (Lipinski definition) is 0. The van der Waals surface area contributed by atoms with Crippen molar-refractivity contribution >= 4 is 40.4 Å². The fourth-order valence-electron chi connectivity index (χ4n) is 3.08. The molecule has 24 heavy (non-hydrogen) atoms. The molecule has 122 valence electrons. The Morgan fingerprint density at radius 1 is 1.42 bits per heavy atom. The van der Waals surface area contributed by atoms with Crippen molar-refractivity contribution in [3.8, 4) is 22.3 Å². The van der Waals surface area contributed by atoms with Gasteiger partial charge >= 0.3 is 0 Å². The van der Waals surface area contributed by atoms with Crippen LogP contribution in [0.25, 0.3) is 10.4 Å². The Kier molecular flexibility index (Phi) is 3.92. The van der Waals surface area contributed by atoms with E-state index in [0.29, 0.717) is 40.4 Å². The van der Waals surface area contributed by atoms with Gasteiger partial charge in [-0.2, -0.15) is 5.26 Å². The molecule has 1 atom stereocenters. The van der Waals surface area contributed by atoms with Crippen LogP contribution in [0.3, 0.4) is 0 Å². The van der Waals surface area contributed by atoms with Crippen molar-refractivity contribution in [2.24, 2.45) is 5.92 Å². The van der Waals surface area contributed by atoms with Crippen molar-refractivity contribution in [2.45, 2.75) is 13.0 Å². The summed E-state index contributed by atoms with van der Waals surface area (Å²) in [4.78, 5) is 16.1. The molecule has 1 saturated heterocycles. The number of benzene rings is 1. The van der Waals surface area contributed by atoms with E-state index < -0.39 is 0 Å². The Bertz CT molecular complexity index is 887. The highest BCUT2D eigenvalue weighted by Crippen LogP contribution is 2.48. The monoisotopic (exact) mass is 378 g/mol. The third-order valence-electron chi connectivity index (χ3n) is 4.34. The van der Waals surface area contributed by atoms with E-state index in [4.69, 9.17) is 33.2 Å². The number of ether oxygens (including phenoxy) is 1. The number of fused-ring (bicyclic) bond motifs is 3. The van der Waals surface area contributed by atoms with Gasteiger partial charge in [0.2, 0.25) is 0 Å². The summed E-state index contributed by atoms with van der Waals surface area (Å²) in [5, 5.41) is 9.85. The molecule has 0 aliphatic carbocycles. The summed E-state index contributed by atoms with van der Waals surface area (Å²) in [6.45, 7) is 1.51. The molecule has 1 fully saturated rings. The molecule has 1 amide bonds. The standard InChI is InChI=1S/C17H12Cl2N2O2S/c18-12-2-1-11-15(14(12)19)23-8-10-5-13(24-16(10)11)17(22)21-4-3-9(6-20)7-21/h1-2,5,9H,3-4,7-8H2. The molecule has 2 aromatic rings. The van der Waals surface area contributed by atoms with Gasteiger partial charge in [-0.1, -0.05) is 23.2 Å². The Balaban J connectivity index is 1.68. The van der Waals surface area contributed by atoms with Gasteiger partial charge in [0.25, 0.3) is 5.91 Å². The van der Waals surface area contributed by atoms with E-state index in [1.54, 1.807) is 11.0 Å². The van der Waals surface area contributed by atoms with Crippen LogP contribution < -0.4 is 4.74 Å². The van der Waals surface area contributed by atoms with Crippen LogP contribution in [-0.4, -0.2) is 23.9 Å². The second kappa shape index (κ2) is 5.96. The lowest BCUT2D eigenvalue weighted by Gasteiger charge is -2.19. The van der Waals surface area contributed by atoms with Gasteiger partial charge in [-0.05, 0) is 24.6 Å². The number of amides is 1. The molecule has 0 radical (unpaired) electrons. The van der Waals surface area contributed by atoms with Crippen molar-refractivity contribution in [3.05, 3.63) is 38.7 Å². The van der Waals surface area contributed by atoms with E-state index in [1.165, 1.54) is 11.3 Å². The average molecular weight is 379 g/mol. The first-order valence-electron chi connectivity index (χ1n) is 7.51. The predicted molar refractivity (Wildman–Crippen MR) is 93.7 cm³/mol. The van der Waals surface area contributed by atoms with Crippen LogP contribution in [0.4, 0.5) is 0 Å². The lowest BCUT2D eigenvalue weighted by molar-refractivity contribution is 0.0794. The van der Waals surface area contributed by atoms with Crippen LogP contribution in [0.2, 0.25) is 10.0 Å². The Labute approximate surface area is 153 Å². The lowest BCUT2D eigenvalue weighted by Crippen LogP contribution is -2.27. The van der Waals surface area contributed by atoms with Gasteiger partial charge in [-0.25, -0.2) is 0 Å². The Hall–Kier alpha value is -1.74. The Morgan fingerprint density at radius 3 is 3.00 bits per heavy atom. The summed E-state index contributed by atoms with van der Waals surface area (Å²) in [5.41, 5.74) is 1.84. The van der Waals surface area contributed by atoms with Crippen LogP contribution in [-0.2, 0) is 6.61 Å². The lowest BCUT2D eigenvalue weighted by atomic mass is 10.1. The van der Waals surface area contributed by atoms with E-state index in [2.05, 4.69) is 6.07 Å². The molecule has 4 rings (SSSR count). The summed E-state index contributed by atoms with van der Waals surface area (Å²) in [7, 11) is 0. The molecule has 2 aliphatic heterocycles. The number of carbonyl (C=O) groups excluding carboxylic acids is 1. The molecule has 0 N–H and O–H groups in total. The minimum absolute atomic E-state index is 0.0197. The summed E-state index contributed by atoms with van der Waals surface area (Å²) in [6, 6.07) is 7.72. The van der Waals surface area contributed by atoms with Gasteiger partial charge in [-0.15, -0.1) is 11.3 Å². The second-order valence-electron chi connectivity index (χ2n) is 5.86. The Morgan fingerprint density at radius 2 is 2.25 bits per heavy atom. The minimum Gasteiger partial charge on any atom is -0.487 e. The van der Waals surface area contributed by atoms with Crippen LogP contribution in [0.15, 0.2) is 18.2 Å². The zero-order chi connectivity index (χ0) is 16.8. The topological polar surface area (TPSA) is 53.3 Å². The van der Waals surface area contributed by atoms with Gasteiger partial charge in [0.05, 0.1) is 21.9 Å². The SMILES string of the molecule is N#CC1CCN(C(=O)c2cc3c(s2)-c2ccc(Cl)c(Cl)c2OC3)C1. The van der Waals surface area contributed by atoms with Crippen molar-refractivity contribution in [2.75, 3.05) is 13.1 Å². The quantitative estimate of drug-likeness (QED) is 0.728. The predicted octanol–water partition coefficient (Wildman–Crippen LogP) is 4.60. The summed E-state index contributed by atoms with van der Waals surface area (Å²) in [6.07, 6.45) is 0.743. The van der Waals surface area contributed by atoms with Crippen LogP contribution in [0, 0.1) is 17.2 Å². The number of nitrogens with zero attached hydrogens (tertiary/aromatic N) is 2. The maximum absolute atomic E-state index is 12.7. The molecular formula is C17H12Cl2N2O2S. The highest BCUT2D eigenvalue weighted by atomic mass is 35.5. The fraction of sp³-hybridized carbons (Fsp3) is 0.294. The van der Waals surface area contributed by atoms with Crippen molar-refractivity contribution in [3.63, 3.8) is 0 Å². The first-order valence-corrected chi connectivity index (χ1v) is 9.08. The van der Waals surface area contributed by atoms with Gasteiger partial charge in [0, 0.05) is 29.1 Å². The van der Waals surface area contributed by atoms with Crippen LogP contribution >= 0.6 is 34.5 Å². The molecule has 3 heterocycles. The summed E-state index contributed by atoms with van der Waals surface area (Å²) >= 11 is 13.7. The number of thiophene rings is 1. The molecule has 2 aliphatic rings. The maximum atomic E-state index is 12.7. The van der Waals surface area contributed by atoms with Crippen LogP contribution in [0.5, 0.6) is 5.75 Å². The van der Waals surface area contributed by atoms with Gasteiger partial charge in [0.1, 0.15) is 17.4 Å². The number of carbonyl (C=O) groups is 1. The number of nitriles is 1. The average Bonchev–Trinajstić information content (AvgIpc) is 3.23. The number of rotatable bonds is 1. The van der Waals surface area contributed by atoms with E-state index in [-0.39, 0.29) is 11.8 Å². The van der Waals surface area contributed by atoms with Gasteiger partial charge in [0.15, 0.2) is 0 Å².